The van der Waals surface area contributed by atoms with Crippen molar-refractivity contribution in [3.8, 4) is 0 Å². The number of rotatable bonds is 6. The average Bonchev–Trinajstić information content (AvgIpc) is 2.77. The second-order valence-corrected chi connectivity index (χ2v) is 5.08. The lowest BCUT2D eigenvalue weighted by molar-refractivity contribution is -0.0277. The third-order valence-electron chi connectivity index (χ3n) is 3.40. The first kappa shape index (κ1) is 13.6. The molecule has 0 radical (unpaired) electrons. The maximum absolute atomic E-state index is 5.82. The molecule has 0 saturated carbocycles. The van der Waals surface area contributed by atoms with Crippen molar-refractivity contribution in [2.45, 2.75) is 32.5 Å². The van der Waals surface area contributed by atoms with E-state index in [1.165, 1.54) is 12.1 Å². The van der Waals surface area contributed by atoms with E-state index in [1.54, 1.807) is 0 Å². The summed E-state index contributed by atoms with van der Waals surface area (Å²) in [5.74, 6) is 0. The van der Waals surface area contributed by atoms with Gasteiger partial charge >= 0.3 is 0 Å². The molecular formula is C14H25N3O. The maximum atomic E-state index is 5.82. The first-order chi connectivity index (χ1) is 8.79. The van der Waals surface area contributed by atoms with E-state index in [-0.39, 0.29) is 0 Å². The summed E-state index contributed by atoms with van der Waals surface area (Å²) in [7, 11) is 2.16. The molecule has 1 unspecified atom stereocenters. The highest BCUT2D eigenvalue weighted by Crippen LogP contribution is 2.09. The van der Waals surface area contributed by atoms with Gasteiger partial charge in [0.1, 0.15) is 0 Å². The zero-order valence-electron chi connectivity index (χ0n) is 11.6. The van der Waals surface area contributed by atoms with E-state index in [2.05, 4.69) is 47.1 Å². The van der Waals surface area contributed by atoms with Gasteiger partial charge in [0.25, 0.3) is 0 Å². The van der Waals surface area contributed by atoms with Gasteiger partial charge in [0, 0.05) is 38.1 Å². The topological polar surface area (TPSA) is 29.4 Å². The minimum absolute atomic E-state index is 0.320. The molecule has 1 atom stereocenters. The second-order valence-electron chi connectivity index (χ2n) is 5.08. The summed E-state index contributed by atoms with van der Waals surface area (Å²) in [5.41, 5.74) is 1.35. The molecule has 2 rings (SSSR count). The normalized spacial score (nSPS) is 21.3. The molecule has 0 aromatic carbocycles. The van der Waals surface area contributed by atoms with Gasteiger partial charge in [-0.2, -0.15) is 0 Å². The van der Waals surface area contributed by atoms with Gasteiger partial charge in [-0.05, 0) is 32.1 Å². The number of nitrogens with one attached hydrogen (secondary N) is 1. The number of morpholine rings is 1. The smallest absolute Gasteiger partial charge is 0.0880 e. The summed E-state index contributed by atoms with van der Waals surface area (Å²) < 4.78 is 8.13. The molecule has 0 spiro atoms. The van der Waals surface area contributed by atoms with Crippen LogP contribution in [-0.4, -0.2) is 48.9 Å². The summed E-state index contributed by atoms with van der Waals surface area (Å²) in [6.45, 7) is 8.11. The molecule has 18 heavy (non-hydrogen) atoms. The van der Waals surface area contributed by atoms with Crippen molar-refractivity contribution < 1.29 is 4.74 Å². The predicted molar refractivity (Wildman–Crippen MR) is 73.7 cm³/mol. The molecule has 1 saturated heterocycles. The van der Waals surface area contributed by atoms with E-state index in [0.29, 0.717) is 6.10 Å². The van der Waals surface area contributed by atoms with Gasteiger partial charge in [-0.25, -0.2) is 0 Å². The predicted octanol–water partition coefficient (Wildman–Crippen LogP) is 1.32. The summed E-state index contributed by atoms with van der Waals surface area (Å²) in [6.07, 6.45) is 3.65. The third-order valence-corrected chi connectivity index (χ3v) is 3.40. The minimum atomic E-state index is 0.320. The van der Waals surface area contributed by atoms with Crippen LogP contribution >= 0.6 is 0 Å². The summed E-state index contributed by atoms with van der Waals surface area (Å²) >= 11 is 0. The Bertz CT molecular complexity index is 351. The first-order valence-corrected chi connectivity index (χ1v) is 6.94. The second kappa shape index (κ2) is 6.92. The fourth-order valence-electron chi connectivity index (χ4n) is 2.38. The van der Waals surface area contributed by atoms with E-state index >= 15 is 0 Å². The van der Waals surface area contributed by atoms with Crippen LogP contribution in [0.4, 0.5) is 0 Å². The Balaban J connectivity index is 1.86. The zero-order chi connectivity index (χ0) is 12.8. The number of likely N-dealkylation sites (N-methyl/N-ethyl adjacent to an activating group) is 1. The molecule has 1 N–H and O–H groups in total. The lowest BCUT2D eigenvalue weighted by Crippen LogP contribution is -2.42. The molecule has 1 aliphatic heterocycles. The van der Waals surface area contributed by atoms with Crippen LogP contribution in [0.2, 0.25) is 0 Å². The van der Waals surface area contributed by atoms with Crippen LogP contribution in [0.5, 0.6) is 0 Å². The Morgan fingerprint density at radius 1 is 1.50 bits per heavy atom. The van der Waals surface area contributed by atoms with Gasteiger partial charge in [-0.3, -0.25) is 0 Å². The molecule has 1 aliphatic rings. The Morgan fingerprint density at radius 3 is 3.17 bits per heavy atom. The fourth-order valence-corrected chi connectivity index (χ4v) is 2.38. The molecule has 0 bridgehead atoms. The van der Waals surface area contributed by atoms with Gasteiger partial charge in [-0.1, -0.05) is 6.92 Å². The minimum Gasteiger partial charge on any atom is -0.374 e. The Morgan fingerprint density at radius 2 is 2.39 bits per heavy atom. The standard InChI is InChI=1S/C14H25N3O/c1-3-6-15-10-13-5-4-7-17(13)12-14-11-16(2)8-9-18-14/h4-5,7,14-15H,3,6,8-12H2,1-2H3. The quantitative estimate of drug-likeness (QED) is 0.773. The monoisotopic (exact) mass is 251 g/mol. The number of hydrogen-bond donors (Lipinski definition) is 1. The number of hydrogen-bond acceptors (Lipinski definition) is 3. The van der Waals surface area contributed by atoms with E-state index in [1.807, 2.05) is 0 Å². The van der Waals surface area contributed by atoms with Crippen LogP contribution in [0.25, 0.3) is 0 Å². The van der Waals surface area contributed by atoms with E-state index < -0.39 is 0 Å². The zero-order valence-corrected chi connectivity index (χ0v) is 11.6. The molecule has 1 fully saturated rings. The lowest BCUT2D eigenvalue weighted by Gasteiger charge is -2.30. The highest BCUT2D eigenvalue weighted by molar-refractivity contribution is 5.07. The third kappa shape index (κ3) is 3.83. The fraction of sp³-hybridized carbons (Fsp3) is 0.714. The van der Waals surface area contributed by atoms with Crippen LogP contribution in [0.15, 0.2) is 18.3 Å². The van der Waals surface area contributed by atoms with E-state index in [4.69, 9.17) is 4.74 Å². The van der Waals surface area contributed by atoms with Crippen LogP contribution < -0.4 is 5.32 Å². The molecule has 4 heteroatoms. The largest absolute Gasteiger partial charge is 0.374 e. The molecule has 4 nitrogen and oxygen atoms in total. The average molecular weight is 251 g/mol. The molecule has 1 aromatic rings. The van der Waals surface area contributed by atoms with Crippen molar-refractivity contribution >= 4 is 0 Å². The van der Waals surface area contributed by atoms with Gasteiger partial charge in [-0.15, -0.1) is 0 Å². The van der Waals surface area contributed by atoms with Crippen molar-refractivity contribution in [1.82, 2.24) is 14.8 Å². The van der Waals surface area contributed by atoms with Crippen molar-refractivity contribution in [2.75, 3.05) is 33.3 Å². The van der Waals surface area contributed by atoms with Crippen LogP contribution in [0.1, 0.15) is 19.0 Å². The van der Waals surface area contributed by atoms with E-state index in [9.17, 15) is 0 Å². The maximum Gasteiger partial charge on any atom is 0.0880 e. The molecule has 0 aliphatic carbocycles. The van der Waals surface area contributed by atoms with Gasteiger partial charge in [0.05, 0.1) is 12.7 Å². The molecule has 102 valence electrons. The van der Waals surface area contributed by atoms with Crippen LogP contribution in [0.3, 0.4) is 0 Å². The lowest BCUT2D eigenvalue weighted by atomic mass is 10.2. The molecular weight excluding hydrogens is 226 g/mol. The van der Waals surface area contributed by atoms with Crippen LogP contribution in [0, 0.1) is 0 Å². The Hall–Kier alpha value is -0.840. The van der Waals surface area contributed by atoms with E-state index in [0.717, 1.165) is 39.3 Å². The molecule has 0 amide bonds. The van der Waals surface area contributed by atoms with Crippen molar-refractivity contribution in [3.63, 3.8) is 0 Å². The summed E-state index contributed by atoms with van der Waals surface area (Å²) in [4.78, 5) is 2.34. The SMILES string of the molecule is CCCNCc1cccn1CC1CN(C)CCO1. The highest BCUT2D eigenvalue weighted by atomic mass is 16.5. The molecule has 2 heterocycles. The Labute approximate surface area is 110 Å². The summed E-state index contributed by atoms with van der Waals surface area (Å²) in [5, 5.41) is 3.45. The summed E-state index contributed by atoms with van der Waals surface area (Å²) in [6, 6.07) is 4.31. The van der Waals surface area contributed by atoms with Crippen molar-refractivity contribution in [1.29, 1.82) is 0 Å². The first-order valence-electron chi connectivity index (χ1n) is 6.94. The Kier molecular flexibility index (Phi) is 5.23. The van der Waals surface area contributed by atoms with Gasteiger partial charge in [0.2, 0.25) is 0 Å². The van der Waals surface area contributed by atoms with Gasteiger partial charge in [0.15, 0.2) is 0 Å². The van der Waals surface area contributed by atoms with Gasteiger partial charge < -0.3 is 19.5 Å². The van der Waals surface area contributed by atoms with Crippen molar-refractivity contribution in [3.05, 3.63) is 24.0 Å². The van der Waals surface area contributed by atoms with Crippen LogP contribution in [-0.2, 0) is 17.8 Å². The number of nitrogens with zero attached hydrogens (tertiary/aromatic N) is 2. The number of aromatic nitrogens is 1. The molecule has 1 aromatic heterocycles. The van der Waals surface area contributed by atoms with Crippen molar-refractivity contribution in [2.24, 2.45) is 0 Å². The number of ether oxygens (including phenoxy) is 1. The highest BCUT2D eigenvalue weighted by Gasteiger charge is 2.18.